The molecule has 1 heterocycles. The fourth-order valence-electron chi connectivity index (χ4n) is 5.34. The van der Waals surface area contributed by atoms with Gasteiger partial charge in [0.05, 0.1) is 4.90 Å². The van der Waals surface area contributed by atoms with Crippen LogP contribution in [0.4, 0.5) is 0 Å². The van der Waals surface area contributed by atoms with Crippen molar-refractivity contribution in [1.29, 1.82) is 0 Å². The molecule has 0 aliphatic carbocycles. The fraction of sp³-hybridized carbons (Fsp3) is 0.400. The van der Waals surface area contributed by atoms with Crippen LogP contribution in [0.3, 0.4) is 0 Å². The van der Waals surface area contributed by atoms with E-state index in [0.717, 1.165) is 26.1 Å². The third-order valence-electron chi connectivity index (χ3n) is 7.30. The smallest absolute Gasteiger partial charge is 0.242 e. The highest BCUT2D eigenvalue weighted by Gasteiger charge is 2.26. The molecule has 3 aromatic carbocycles. The first-order valence-corrected chi connectivity index (χ1v) is 14.1. The van der Waals surface area contributed by atoms with Crippen LogP contribution < -0.4 is 0 Å². The molecule has 0 saturated carbocycles. The van der Waals surface area contributed by atoms with Crippen molar-refractivity contribution >= 4 is 10.0 Å². The maximum Gasteiger partial charge on any atom is 0.242 e. The Bertz CT molecular complexity index is 1170. The number of likely N-dealkylation sites (N-methyl/N-ethyl adjacent to an activating group) is 1. The van der Waals surface area contributed by atoms with E-state index in [9.17, 15) is 8.42 Å². The third kappa shape index (κ3) is 6.60. The summed E-state index contributed by atoms with van der Waals surface area (Å²) >= 11 is 0. The molecule has 0 spiro atoms. The predicted octanol–water partition coefficient (Wildman–Crippen LogP) is 5.98. The molecule has 0 amide bonds. The minimum atomic E-state index is -3.52. The molecule has 1 aliphatic rings. The van der Waals surface area contributed by atoms with Crippen LogP contribution in [0.5, 0.6) is 0 Å². The van der Waals surface area contributed by atoms with Gasteiger partial charge in [0, 0.05) is 13.6 Å². The van der Waals surface area contributed by atoms with E-state index >= 15 is 0 Å². The number of benzene rings is 3. The SMILES string of the molecule is Cc1cc(C)cc([C@@H](CCN2CCC(c3ccccc3)CC2)CN(C)S(=O)(=O)c2ccccc2)c1. The van der Waals surface area contributed by atoms with Crippen LogP contribution in [0, 0.1) is 13.8 Å². The maximum absolute atomic E-state index is 13.2. The minimum absolute atomic E-state index is 0.143. The lowest BCUT2D eigenvalue weighted by atomic mass is 9.88. The number of aryl methyl sites for hydroxylation is 2. The molecule has 35 heavy (non-hydrogen) atoms. The van der Waals surface area contributed by atoms with Crippen molar-refractivity contribution in [1.82, 2.24) is 9.21 Å². The van der Waals surface area contributed by atoms with Gasteiger partial charge in [-0.05, 0) is 87.8 Å². The first-order valence-electron chi connectivity index (χ1n) is 12.7. The minimum Gasteiger partial charge on any atom is -0.303 e. The summed E-state index contributed by atoms with van der Waals surface area (Å²) in [6.07, 6.45) is 3.30. The van der Waals surface area contributed by atoms with Crippen molar-refractivity contribution < 1.29 is 8.42 Å². The summed E-state index contributed by atoms with van der Waals surface area (Å²) in [5.41, 5.74) is 5.13. The average molecular weight is 491 g/mol. The lowest BCUT2D eigenvalue weighted by molar-refractivity contribution is 0.203. The van der Waals surface area contributed by atoms with E-state index in [1.165, 1.54) is 39.4 Å². The molecule has 1 saturated heterocycles. The van der Waals surface area contributed by atoms with Gasteiger partial charge in [0.1, 0.15) is 0 Å². The number of nitrogens with zero attached hydrogens (tertiary/aromatic N) is 2. The molecule has 4 rings (SSSR count). The normalized spacial score (nSPS) is 16.5. The Kier molecular flexibility index (Phi) is 8.42. The van der Waals surface area contributed by atoms with Gasteiger partial charge in [0.2, 0.25) is 10.0 Å². The average Bonchev–Trinajstić information content (AvgIpc) is 2.87. The van der Waals surface area contributed by atoms with Crippen molar-refractivity contribution in [2.24, 2.45) is 0 Å². The van der Waals surface area contributed by atoms with E-state index in [2.05, 4.69) is 67.3 Å². The predicted molar refractivity (Wildman–Crippen MR) is 144 cm³/mol. The van der Waals surface area contributed by atoms with E-state index in [1.54, 1.807) is 31.3 Å². The van der Waals surface area contributed by atoms with Crippen molar-refractivity contribution in [2.45, 2.75) is 49.8 Å². The Morgan fingerprint density at radius 2 is 1.46 bits per heavy atom. The largest absolute Gasteiger partial charge is 0.303 e. The Labute approximate surface area is 211 Å². The van der Waals surface area contributed by atoms with Gasteiger partial charge in [-0.2, -0.15) is 0 Å². The number of hydrogen-bond donors (Lipinski definition) is 0. The van der Waals surface area contributed by atoms with Gasteiger partial charge < -0.3 is 4.90 Å². The number of sulfonamides is 1. The lowest BCUT2D eigenvalue weighted by Crippen LogP contribution is -2.36. The molecular formula is C30H38N2O2S. The molecule has 186 valence electrons. The molecule has 0 aromatic heterocycles. The summed E-state index contributed by atoms with van der Waals surface area (Å²) in [5, 5.41) is 0. The van der Waals surface area contributed by atoms with Gasteiger partial charge in [-0.1, -0.05) is 77.9 Å². The molecule has 0 bridgehead atoms. The zero-order valence-electron chi connectivity index (χ0n) is 21.2. The summed E-state index contributed by atoms with van der Waals surface area (Å²) in [6, 6.07) is 26.2. The summed E-state index contributed by atoms with van der Waals surface area (Å²) < 4.78 is 28.0. The van der Waals surface area contributed by atoms with Crippen molar-refractivity contribution in [3.05, 3.63) is 101 Å². The second-order valence-electron chi connectivity index (χ2n) is 10.0. The van der Waals surface area contributed by atoms with Crippen molar-refractivity contribution in [3.63, 3.8) is 0 Å². The van der Waals surface area contributed by atoms with Crippen LogP contribution in [-0.2, 0) is 10.0 Å². The monoisotopic (exact) mass is 490 g/mol. The van der Waals surface area contributed by atoms with Crippen LogP contribution in [0.25, 0.3) is 0 Å². The summed E-state index contributed by atoms with van der Waals surface area (Å²) in [5.74, 6) is 0.786. The number of hydrogen-bond acceptors (Lipinski definition) is 3. The highest BCUT2D eigenvalue weighted by atomic mass is 32.2. The molecule has 1 fully saturated rings. The Morgan fingerprint density at radius 3 is 2.06 bits per heavy atom. The zero-order valence-corrected chi connectivity index (χ0v) is 22.0. The molecule has 5 heteroatoms. The van der Waals surface area contributed by atoms with Gasteiger partial charge >= 0.3 is 0 Å². The molecule has 0 radical (unpaired) electrons. The van der Waals surface area contributed by atoms with Gasteiger partial charge in [-0.25, -0.2) is 12.7 Å². The maximum atomic E-state index is 13.2. The van der Waals surface area contributed by atoms with Crippen LogP contribution >= 0.6 is 0 Å². The zero-order chi connectivity index (χ0) is 24.8. The first kappa shape index (κ1) is 25.6. The van der Waals surface area contributed by atoms with Gasteiger partial charge in [-0.3, -0.25) is 0 Å². The topological polar surface area (TPSA) is 40.6 Å². The van der Waals surface area contributed by atoms with Crippen LogP contribution in [0.15, 0.2) is 83.8 Å². The summed E-state index contributed by atoms with van der Waals surface area (Å²) in [7, 11) is -1.81. The van der Waals surface area contributed by atoms with Crippen molar-refractivity contribution in [2.75, 3.05) is 33.2 Å². The van der Waals surface area contributed by atoms with Gasteiger partial charge in [-0.15, -0.1) is 0 Å². The second kappa shape index (κ2) is 11.5. The summed E-state index contributed by atoms with van der Waals surface area (Å²) in [4.78, 5) is 2.91. The molecule has 3 aromatic rings. The Hall–Kier alpha value is -2.47. The highest BCUT2D eigenvalue weighted by molar-refractivity contribution is 7.89. The highest BCUT2D eigenvalue weighted by Crippen LogP contribution is 2.30. The van der Waals surface area contributed by atoms with E-state index in [1.807, 2.05) is 6.07 Å². The number of likely N-dealkylation sites (tertiary alicyclic amines) is 1. The summed E-state index contributed by atoms with van der Waals surface area (Å²) in [6.45, 7) is 7.88. The lowest BCUT2D eigenvalue weighted by Gasteiger charge is -2.33. The standard InChI is InChI=1S/C30H38N2O2S/c1-24-20-25(2)22-29(21-24)28(23-31(3)35(33,34)30-12-8-5-9-13-30)16-19-32-17-14-27(15-18-32)26-10-6-4-7-11-26/h4-13,20-22,27-28H,14-19,23H2,1-3H3/t28-/m0/s1. The molecule has 0 unspecified atom stereocenters. The third-order valence-corrected chi connectivity index (χ3v) is 9.13. The first-order chi connectivity index (χ1) is 16.8. The van der Waals surface area contributed by atoms with E-state index in [0.29, 0.717) is 17.4 Å². The number of rotatable bonds is 9. The van der Waals surface area contributed by atoms with Gasteiger partial charge in [0.25, 0.3) is 0 Å². The van der Waals surface area contributed by atoms with Gasteiger partial charge in [0.15, 0.2) is 0 Å². The van der Waals surface area contributed by atoms with Crippen LogP contribution in [-0.4, -0.2) is 50.8 Å². The van der Waals surface area contributed by atoms with Crippen molar-refractivity contribution in [3.8, 4) is 0 Å². The Balaban J connectivity index is 1.45. The van der Waals surface area contributed by atoms with E-state index < -0.39 is 10.0 Å². The molecule has 4 nitrogen and oxygen atoms in total. The van der Waals surface area contributed by atoms with E-state index in [4.69, 9.17) is 0 Å². The Morgan fingerprint density at radius 1 is 0.886 bits per heavy atom. The molecule has 0 N–H and O–H groups in total. The number of piperidine rings is 1. The molecule has 1 atom stereocenters. The quantitative estimate of drug-likeness (QED) is 0.371. The molecular weight excluding hydrogens is 452 g/mol. The van der Waals surface area contributed by atoms with Crippen LogP contribution in [0.2, 0.25) is 0 Å². The van der Waals surface area contributed by atoms with Crippen LogP contribution in [0.1, 0.15) is 53.4 Å². The molecule has 1 aliphatic heterocycles. The second-order valence-corrected chi connectivity index (χ2v) is 12.1. The van der Waals surface area contributed by atoms with E-state index in [-0.39, 0.29) is 5.92 Å². The fourth-order valence-corrected chi connectivity index (χ4v) is 6.58.